The van der Waals surface area contributed by atoms with E-state index in [0.29, 0.717) is 12.1 Å². The lowest BCUT2D eigenvalue weighted by Gasteiger charge is -2.12. The van der Waals surface area contributed by atoms with Gasteiger partial charge in [0.15, 0.2) is 0 Å². The van der Waals surface area contributed by atoms with Crippen molar-refractivity contribution in [3.05, 3.63) is 96.1 Å². The van der Waals surface area contributed by atoms with Gasteiger partial charge < -0.3 is 5.32 Å². The molecule has 0 aliphatic heterocycles. The topological polar surface area (TPSA) is 66.4 Å². The molecular weight excluding hydrogens is 331 g/mol. The van der Waals surface area contributed by atoms with E-state index in [1.807, 2.05) is 48.5 Å². The van der Waals surface area contributed by atoms with Crippen LogP contribution in [0.2, 0.25) is 0 Å². The minimum absolute atomic E-state index is 0.288. The average Bonchev–Trinajstić information content (AvgIpc) is 2.68. The van der Waals surface area contributed by atoms with Gasteiger partial charge >= 0.3 is 0 Å². The Bertz CT molecular complexity index is 881. The molecule has 3 aromatic rings. The minimum atomic E-state index is -0.395. The van der Waals surface area contributed by atoms with Crippen LogP contribution in [0.15, 0.2) is 84.0 Å². The number of carbonyl (C=O) groups excluding carboxylic acids is 1. The number of aromatic nitrogens is 1. The van der Waals surface area contributed by atoms with Gasteiger partial charge in [-0.3, -0.25) is 15.1 Å². The zero-order valence-corrected chi connectivity index (χ0v) is 13.9. The molecule has 1 heterocycles. The molecule has 130 valence electrons. The molecule has 0 aliphatic rings. The Morgan fingerprint density at radius 1 is 0.962 bits per heavy atom. The maximum absolute atomic E-state index is 13.0. The van der Waals surface area contributed by atoms with Crippen molar-refractivity contribution < 1.29 is 9.18 Å². The van der Waals surface area contributed by atoms with Crippen LogP contribution >= 0.6 is 0 Å². The number of carbonyl (C=O) groups is 1. The van der Waals surface area contributed by atoms with E-state index in [1.54, 1.807) is 6.20 Å². The lowest BCUT2D eigenvalue weighted by atomic mass is 10.2. The largest absolute Gasteiger partial charge is 0.326 e. The molecule has 26 heavy (non-hydrogen) atoms. The van der Waals surface area contributed by atoms with Gasteiger partial charge in [-0.15, -0.1) is 0 Å². The van der Waals surface area contributed by atoms with Crippen LogP contribution in [0.4, 0.5) is 10.1 Å². The van der Waals surface area contributed by atoms with Gasteiger partial charge in [0.1, 0.15) is 5.82 Å². The molecule has 3 rings (SSSR count). The van der Waals surface area contributed by atoms with Gasteiger partial charge in [-0.25, -0.2) is 9.38 Å². The number of amides is 1. The summed E-state index contributed by atoms with van der Waals surface area (Å²) < 4.78 is 13.0. The number of nitrogens with zero attached hydrogens (tertiary/aromatic N) is 2. The van der Waals surface area contributed by atoms with E-state index in [4.69, 9.17) is 0 Å². The first-order valence-electron chi connectivity index (χ1n) is 8.04. The fourth-order valence-electron chi connectivity index (χ4n) is 2.20. The number of hydrogen-bond donors (Lipinski definition) is 2. The van der Waals surface area contributed by atoms with Gasteiger partial charge in [0.2, 0.25) is 5.96 Å². The van der Waals surface area contributed by atoms with E-state index in [9.17, 15) is 9.18 Å². The summed E-state index contributed by atoms with van der Waals surface area (Å²) in [7, 11) is 0. The molecule has 0 fully saturated rings. The number of hydrogen-bond acceptors (Lipinski definition) is 3. The summed E-state index contributed by atoms with van der Waals surface area (Å²) in [5, 5.41) is 5.80. The maximum Gasteiger partial charge on any atom is 0.257 e. The number of anilines is 1. The molecule has 2 aromatic carbocycles. The summed E-state index contributed by atoms with van der Waals surface area (Å²) >= 11 is 0. The van der Waals surface area contributed by atoms with Gasteiger partial charge in [0.05, 0.1) is 12.2 Å². The third-order valence-corrected chi connectivity index (χ3v) is 3.50. The van der Waals surface area contributed by atoms with E-state index in [2.05, 4.69) is 20.6 Å². The Morgan fingerprint density at radius 2 is 1.69 bits per heavy atom. The van der Waals surface area contributed by atoms with Crippen molar-refractivity contribution in [2.45, 2.75) is 6.54 Å². The number of para-hydroxylation sites is 1. The Kier molecular flexibility index (Phi) is 5.67. The SMILES string of the molecule is O=C(NC(=NCc1ccccn1)Nc1ccccc1)c1ccc(F)cc1. The molecule has 1 amide bonds. The van der Waals surface area contributed by atoms with E-state index in [-0.39, 0.29) is 11.9 Å². The smallest absolute Gasteiger partial charge is 0.257 e. The van der Waals surface area contributed by atoms with Gasteiger partial charge in [-0.05, 0) is 48.5 Å². The predicted octanol–water partition coefficient (Wildman–Crippen LogP) is 3.62. The van der Waals surface area contributed by atoms with Crippen molar-refractivity contribution in [1.82, 2.24) is 10.3 Å². The molecule has 6 heteroatoms. The minimum Gasteiger partial charge on any atom is -0.326 e. The maximum atomic E-state index is 13.0. The second-order valence-electron chi connectivity index (χ2n) is 5.44. The molecule has 0 aliphatic carbocycles. The lowest BCUT2D eigenvalue weighted by molar-refractivity contribution is 0.0977. The average molecular weight is 348 g/mol. The second-order valence-corrected chi connectivity index (χ2v) is 5.44. The summed E-state index contributed by atoms with van der Waals surface area (Å²) in [5.41, 5.74) is 1.90. The van der Waals surface area contributed by atoms with E-state index < -0.39 is 5.82 Å². The van der Waals surface area contributed by atoms with Crippen LogP contribution < -0.4 is 10.6 Å². The predicted molar refractivity (Wildman–Crippen MR) is 99.3 cm³/mol. The molecule has 1 aromatic heterocycles. The normalized spacial score (nSPS) is 11.0. The molecular formula is C20H17FN4O. The third kappa shape index (κ3) is 4.98. The Morgan fingerprint density at radius 3 is 2.38 bits per heavy atom. The molecule has 0 bridgehead atoms. The first kappa shape index (κ1) is 17.3. The molecule has 0 spiro atoms. The second kappa shape index (κ2) is 8.53. The first-order valence-corrected chi connectivity index (χ1v) is 8.04. The highest BCUT2D eigenvalue weighted by molar-refractivity contribution is 6.09. The highest BCUT2D eigenvalue weighted by atomic mass is 19.1. The van der Waals surface area contributed by atoms with E-state index in [1.165, 1.54) is 24.3 Å². The van der Waals surface area contributed by atoms with Crippen LogP contribution in [-0.2, 0) is 6.54 Å². The summed E-state index contributed by atoms with van der Waals surface area (Å²) in [5.74, 6) is -0.489. The van der Waals surface area contributed by atoms with Crippen molar-refractivity contribution >= 4 is 17.6 Å². The van der Waals surface area contributed by atoms with Gasteiger partial charge in [-0.1, -0.05) is 24.3 Å². The standard InChI is InChI=1S/C20H17FN4O/c21-16-11-9-15(10-12-16)19(26)25-20(24-17-6-2-1-3-7-17)23-14-18-8-4-5-13-22-18/h1-13H,14H2,(H2,23,24,25,26). The summed E-state index contributed by atoms with van der Waals surface area (Å²) in [6.07, 6.45) is 1.69. The number of benzene rings is 2. The van der Waals surface area contributed by atoms with Crippen LogP contribution in [0.1, 0.15) is 16.1 Å². The van der Waals surface area contributed by atoms with Crippen molar-refractivity contribution in [2.24, 2.45) is 4.99 Å². The number of nitrogens with one attached hydrogen (secondary N) is 2. The first-order chi connectivity index (χ1) is 12.7. The molecule has 0 saturated carbocycles. The number of pyridine rings is 1. The van der Waals surface area contributed by atoms with E-state index in [0.717, 1.165) is 11.4 Å². The van der Waals surface area contributed by atoms with Crippen molar-refractivity contribution in [1.29, 1.82) is 0 Å². The highest BCUT2D eigenvalue weighted by Gasteiger charge is 2.09. The molecule has 0 atom stereocenters. The summed E-state index contributed by atoms with van der Waals surface area (Å²) in [6, 6.07) is 20.2. The third-order valence-electron chi connectivity index (χ3n) is 3.50. The van der Waals surface area contributed by atoms with Crippen LogP contribution in [0.5, 0.6) is 0 Å². The molecule has 0 unspecified atom stereocenters. The Labute approximate surface area is 150 Å². The summed E-state index contributed by atoms with van der Waals surface area (Å²) in [6.45, 7) is 0.305. The molecule has 2 N–H and O–H groups in total. The fraction of sp³-hybridized carbons (Fsp3) is 0.0500. The number of guanidine groups is 1. The zero-order valence-electron chi connectivity index (χ0n) is 13.9. The van der Waals surface area contributed by atoms with Gasteiger partial charge in [0, 0.05) is 17.4 Å². The van der Waals surface area contributed by atoms with Crippen LogP contribution in [-0.4, -0.2) is 16.9 Å². The fourth-order valence-corrected chi connectivity index (χ4v) is 2.20. The lowest BCUT2D eigenvalue weighted by Crippen LogP contribution is -2.36. The van der Waals surface area contributed by atoms with Crippen molar-refractivity contribution in [3.8, 4) is 0 Å². The van der Waals surface area contributed by atoms with Crippen molar-refractivity contribution in [3.63, 3.8) is 0 Å². The Hall–Kier alpha value is -3.54. The molecule has 5 nitrogen and oxygen atoms in total. The van der Waals surface area contributed by atoms with Crippen LogP contribution in [0.3, 0.4) is 0 Å². The van der Waals surface area contributed by atoms with Gasteiger partial charge in [-0.2, -0.15) is 0 Å². The quantitative estimate of drug-likeness (QED) is 0.559. The highest BCUT2D eigenvalue weighted by Crippen LogP contribution is 2.07. The summed E-state index contributed by atoms with van der Waals surface area (Å²) in [4.78, 5) is 21.0. The van der Waals surface area contributed by atoms with Crippen molar-refractivity contribution in [2.75, 3.05) is 5.32 Å². The van der Waals surface area contributed by atoms with E-state index >= 15 is 0 Å². The zero-order chi connectivity index (χ0) is 18.2. The van der Waals surface area contributed by atoms with Crippen LogP contribution in [0.25, 0.3) is 0 Å². The number of aliphatic imine (C=N–C) groups is 1. The Balaban J connectivity index is 1.77. The monoisotopic (exact) mass is 348 g/mol. The molecule has 0 saturated heterocycles. The van der Waals surface area contributed by atoms with Crippen LogP contribution in [0, 0.1) is 5.82 Å². The number of halogens is 1. The van der Waals surface area contributed by atoms with Gasteiger partial charge in [0.25, 0.3) is 5.91 Å². The molecule has 0 radical (unpaired) electrons. The number of rotatable bonds is 4.